The summed E-state index contributed by atoms with van der Waals surface area (Å²) in [5.74, 6) is -0.279. The number of pyridine rings is 1. The zero-order valence-corrected chi connectivity index (χ0v) is 9.86. The largest absolute Gasteiger partial charge is 0.324 e. The van der Waals surface area contributed by atoms with Crippen LogP contribution in [0.4, 0.5) is 4.39 Å². The molecule has 4 heteroatoms. The van der Waals surface area contributed by atoms with Crippen molar-refractivity contribution in [2.75, 3.05) is 0 Å². The molecule has 0 bridgehead atoms. The number of nitrogens with zero attached hydrogens (tertiary/aromatic N) is 1. The van der Waals surface area contributed by atoms with E-state index in [-0.39, 0.29) is 11.9 Å². The first-order chi connectivity index (χ1) is 8.16. The van der Waals surface area contributed by atoms with Gasteiger partial charge in [0, 0.05) is 23.5 Å². The van der Waals surface area contributed by atoms with E-state index in [9.17, 15) is 4.39 Å². The van der Waals surface area contributed by atoms with Gasteiger partial charge in [-0.1, -0.05) is 11.6 Å². The first-order valence-electron chi connectivity index (χ1n) is 5.26. The molecule has 0 aliphatic carbocycles. The summed E-state index contributed by atoms with van der Waals surface area (Å²) in [6, 6.07) is 7.89. The summed E-state index contributed by atoms with van der Waals surface area (Å²) in [7, 11) is 0. The lowest BCUT2D eigenvalue weighted by molar-refractivity contribution is 0.593. The van der Waals surface area contributed by atoms with Gasteiger partial charge in [0.15, 0.2) is 0 Å². The lowest BCUT2D eigenvalue weighted by Gasteiger charge is -2.12. The van der Waals surface area contributed by atoms with E-state index in [0.717, 1.165) is 5.56 Å². The molecule has 1 unspecified atom stereocenters. The Morgan fingerprint density at radius 3 is 2.65 bits per heavy atom. The molecule has 0 radical (unpaired) electrons. The number of aromatic nitrogens is 1. The predicted molar refractivity (Wildman–Crippen MR) is 66.3 cm³/mol. The lowest BCUT2D eigenvalue weighted by Crippen LogP contribution is -2.14. The molecule has 0 aliphatic heterocycles. The molecule has 2 N–H and O–H groups in total. The van der Waals surface area contributed by atoms with Gasteiger partial charge in [0.25, 0.3) is 0 Å². The first kappa shape index (κ1) is 12.0. The van der Waals surface area contributed by atoms with Gasteiger partial charge in [0.1, 0.15) is 5.82 Å². The van der Waals surface area contributed by atoms with E-state index in [0.29, 0.717) is 17.0 Å². The quantitative estimate of drug-likeness (QED) is 0.909. The first-order valence-corrected chi connectivity index (χ1v) is 5.64. The van der Waals surface area contributed by atoms with Gasteiger partial charge in [0.05, 0.1) is 0 Å². The van der Waals surface area contributed by atoms with E-state index in [1.165, 1.54) is 12.1 Å². The highest BCUT2D eigenvalue weighted by molar-refractivity contribution is 6.30. The molecule has 1 aromatic carbocycles. The molecular weight excluding hydrogens is 239 g/mol. The van der Waals surface area contributed by atoms with E-state index in [2.05, 4.69) is 4.98 Å². The topological polar surface area (TPSA) is 38.9 Å². The molecule has 88 valence electrons. The van der Waals surface area contributed by atoms with Gasteiger partial charge in [-0.05, 0) is 47.9 Å². The number of benzene rings is 1. The summed E-state index contributed by atoms with van der Waals surface area (Å²) in [5, 5.41) is 0.517. The number of hydrogen-bond acceptors (Lipinski definition) is 2. The summed E-state index contributed by atoms with van der Waals surface area (Å²) in [6.45, 7) is 0. The van der Waals surface area contributed by atoms with Crippen LogP contribution in [-0.4, -0.2) is 4.98 Å². The zero-order chi connectivity index (χ0) is 12.3. The highest BCUT2D eigenvalue weighted by Crippen LogP contribution is 2.20. The maximum Gasteiger partial charge on any atom is 0.126 e. The van der Waals surface area contributed by atoms with Crippen molar-refractivity contribution in [1.29, 1.82) is 0 Å². The van der Waals surface area contributed by atoms with E-state index in [1.807, 2.05) is 12.1 Å². The summed E-state index contributed by atoms with van der Waals surface area (Å²) in [5.41, 5.74) is 7.47. The van der Waals surface area contributed by atoms with Gasteiger partial charge in [-0.2, -0.15) is 0 Å². The Balaban J connectivity index is 2.18. The molecule has 0 saturated carbocycles. The van der Waals surface area contributed by atoms with Gasteiger partial charge in [-0.25, -0.2) is 4.39 Å². The summed E-state index contributed by atoms with van der Waals surface area (Å²) in [6.07, 6.45) is 3.75. The van der Waals surface area contributed by atoms with Crippen LogP contribution in [0.25, 0.3) is 0 Å². The van der Waals surface area contributed by atoms with E-state index < -0.39 is 0 Å². The number of rotatable bonds is 3. The highest BCUT2D eigenvalue weighted by Gasteiger charge is 2.10. The average Bonchev–Trinajstić information content (AvgIpc) is 2.35. The van der Waals surface area contributed by atoms with Gasteiger partial charge in [0.2, 0.25) is 0 Å². The molecule has 2 rings (SSSR count). The standard InChI is InChI=1S/C13H12ClFN2/c14-11-1-2-12(15)10(7-11)8-13(16)9-3-5-17-6-4-9/h1-7,13H,8,16H2. The second-order valence-corrected chi connectivity index (χ2v) is 4.26. The predicted octanol–water partition coefficient (Wildman–Crippen LogP) is 3.12. The Morgan fingerprint density at radius 2 is 1.94 bits per heavy atom. The van der Waals surface area contributed by atoms with Crippen LogP contribution in [-0.2, 0) is 6.42 Å². The molecule has 1 aromatic heterocycles. The lowest BCUT2D eigenvalue weighted by atomic mass is 10.0. The van der Waals surface area contributed by atoms with Crippen molar-refractivity contribution in [3.8, 4) is 0 Å². The van der Waals surface area contributed by atoms with Crippen LogP contribution in [0, 0.1) is 5.82 Å². The maximum atomic E-state index is 13.5. The summed E-state index contributed by atoms with van der Waals surface area (Å²) in [4.78, 5) is 3.92. The van der Waals surface area contributed by atoms with Crippen LogP contribution in [0.15, 0.2) is 42.7 Å². The highest BCUT2D eigenvalue weighted by atomic mass is 35.5. The normalized spacial score (nSPS) is 12.4. The molecule has 0 aliphatic rings. The molecule has 1 heterocycles. The average molecular weight is 251 g/mol. The van der Waals surface area contributed by atoms with E-state index in [1.54, 1.807) is 18.5 Å². The molecule has 1 atom stereocenters. The van der Waals surface area contributed by atoms with Crippen LogP contribution in [0.1, 0.15) is 17.2 Å². The van der Waals surface area contributed by atoms with Gasteiger partial charge >= 0.3 is 0 Å². The van der Waals surface area contributed by atoms with Crippen molar-refractivity contribution in [2.24, 2.45) is 5.73 Å². The van der Waals surface area contributed by atoms with Crippen LogP contribution < -0.4 is 5.73 Å². The molecule has 0 fully saturated rings. The van der Waals surface area contributed by atoms with Crippen molar-refractivity contribution in [2.45, 2.75) is 12.5 Å². The number of hydrogen-bond donors (Lipinski definition) is 1. The molecule has 0 amide bonds. The molecular formula is C13H12ClFN2. The van der Waals surface area contributed by atoms with E-state index >= 15 is 0 Å². The Labute approximate surface area is 104 Å². The Kier molecular flexibility index (Phi) is 3.71. The van der Waals surface area contributed by atoms with Crippen molar-refractivity contribution >= 4 is 11.6 Å². The maximum absolute atomic E-state index is 13.5. The minimum atomic E-state index is -0.279. The smallest absolute Gasteiger partial charge is 0.126 e. The summed E-state index contributed by atoms with van der Waals surface area (Å²) < 4.78 is 13.5. The second kappa shape index (κ2) is 5.25. The molecule has 0 spiro atoms. The van der Waals surface area contributed by atoms with Gasteiger partial charge in [-0.15, -0.1) is 0 Å². The second-order valence-electron chi connectivity index (χ2n) is 3.83. The van der Waals surface area contributed by atoms with E-state index in [4.69, 9.17) is 17.3 Å². The monoisotopic (exact) mass is 250 g/mol. The molecule has 17 heavy (non-hydrogen) atoms. The fourth-order valence-corrected chi connectivity index (χ4v) is 1.86. The van der Waals surface area contributed by atoms with Crippen molar-refractivity contribution in [3.63, 3.8) is 0 Å². The third-order valence-corrected chi connectivity index (χ3v) is 2.82. The van der Waals surface area contributed by atoms with Gasteiger partial charge in [-0.3, -0.25) is 4.98 Å². The molecule has 2 nitrogen and oxygen atoms in total. The van der Waals surface area contributed by atoms with Crippen molar-refractivity contribution in [1.82, 2.24) is 4.98 Å². The van der Waals surface area contributed by atoms with Gasteiger partial charge < -0.3 is 5.73 Å². The third-order valence-electron chi connectivity index (χ3n) is 2.58. The van der Waals surface area contributed by atoms with Crippen LogP contribution in [0.3, 0.4) is 0 Å². The SMILES string of the molecule is NC(Cc1cc(Cl)ccc1F)c1ccncc1. The van der Waals surface area contributed by atoms with Crippen molar-refractivity contribution < 1.29 is 4.39 Å². The van der Waals surface area contributed by atoms with Crippen LogP contribution >= 0.6 is 11.6 Å². The fourth-order valence-electron chi connectivity index (χ4n) is 1.67. The Hall–Kier alpha value is -1.45. The Morgan fingerprint density at radius 1 is 1.24 bits per heavy atom. The summed E-state index contributed by atoms with van der Waals surface area (Å²) >= 11 is 5.83. The van der Waals surface area contributed by atoms with Crippen LogP contribution in [0.2, 0.25) is 5.02 Å². The Bertz CT molecular complexity index is 502. The third kappa shape index (κ3) is 3.02. The number of halogens is 2. The number of nitrogens with two attached hydrogens (primary N) is 1. The van der Waals surface area contributed by atoms with Crippen molar-refractivity contribution in [3.05, 3.63) is 64.7 Å². The molecule has 2 aromatic rings. The van der Waals surface area contributed by atoms with Crippen LogP contribution in [0.5, 0.6) is 0 Å². The minimum Gasteiger partial charge on any atom is -0.324 e. The zero-order valence-electron chi connectivity index (χ0n) is 9.11. The fraction of sp³-hybridized carbons (Fsp3) is 0.154. The minimum absolute atomic E-state index is 0.258. The molecule has 0 saturated heterocycles.